The first kappa shape index (κ1) is 26.0. The smallest absolute Gasteiger partial charge is 0.333 e. The van der Waals surface area contributed by atoms with Crippen molar-refractivity contribution in [1.82, 2.24) is 5.32 Å². The number of methoxy groups -OCH3 is 1. The maximum absolute atomic E-state index is 13.7. The van der Waals surface area contributed by atoms with Crippen molar-refractivity contribution < 1.29 is 29.0 Å². The molecule has 188 valence electrons. The molecule has 0 aromatic heterocycles. The predicted octanol–water partition coefficient (Wildman–Crippen LogP) is 4.44. The van der Waals surface area contributed by atoms with Crippen LogP contribution in [0.4, 0.5) is 0 Å². The van der Waals surface area contributed by atoms with Crippen molar-refractivity contribution in [2.75, 3.05) is 7.11 Å². The first-order chi connectivity index (χ1) is 15.3. The van der Waals surface area contributed by atoms with Crippen LogP contribution in [0.25, 0.3) is 0 Å². The Bertz CT molecular complexity index is 1010. The fraction of sp³-hybridized carbons (Fsp3) is 0.667. The van der Waals surface area contributed by atoms with Crippen molar-refractivity contribution >= 4 is 17.8 Å². The third-order valence-electron chi connectivity index (χ3n) is 8.24. The van der Waals surface area contributed by atoms with E-state index in [0.29, 0.717) is 29.5 Å². The molecule has 0 spiro atoms. The van der Waals surface area contributed by atoms with Crippen LogP contribution in [0, 0.1) is 10.8 Å². The van der Waals surface area contributed by atoms with Gasteiger partial charge in [0.15, 0.2) is 11.6 Å². The number of rotatable bonds is 4. The van der Waals surface area contributed by atoms with E-state index in [2.05, 4.69) is 5.32 Å². The molecule has 1 saturated carbocycles. The lowest BCUT2D eigenvalue weighted by Crippen LogP contribution is -2.55. The zero-order valence-corrected chi connectivity index (χ0v) is 22.1. The molecule has 2 fully saturated rings. The molecule has 1 aromatic carbocycles. The summed E-state index contributed by atoms with van der Waals surface area (Å²) < 4.78 is 10.8. The quantitative estimate of drug-likeness (QED) is 0.627. The van der Waals surface area contributed by atoms with Crippen molar-refractivity contribution in [3.05, 3.63) is 28.8 Å². The van der Waals surface area contributed by atoms with E-state index in [9.17, 15) is 19.5 Å². The molecule has 1 heterocycles. The van der Waals surface area contributed by atoms with Crippen molar-refractivity contribution in [2.24, 2.45) is 10.8 Å². The van der Waals surface area contributed by atoms with Crippen molar-refractivity contribution in [3.8, 4) is 5.75 Å². The number of amides is 1. The standard InChI is InChI=1S/C27H39NO6/c1-23(2,3)16-13-15(14-17(19(16)29)24(4,5)6)18(20(30)33-10)28-21(31)27-12-11-26(9,22(32)34-27)25(27,7)8/h13-14,18,29H,11-12H2,1-10H3,(H,28,31). The minimum absolute atomic E-state index is 0.176. The topological polar surface area (TPSA) is 102 Å². The van der Waals surface area contributed by atoms with Gasteiger partial charge in [-0.05, 0) is 59.4 Å². The Kier molecular flexibility index (Phi) is 5.91. The van der Waals surface area contributed by atoms with Crippen LogP contribution in [0.1, 0.15) is 97.9 Å². The number of nitrogens with one attached hydrogen (secondary N) is 1. The van der Waals surface area contributed by atoms with Crippen LogP contribution in [0.15, 0.2) is 12.1 Å². The molecule has 3 unspecified atom stereocenters. The largest absolute Gasteiger partial charge is 0.507 e. The summed E-state index contributed by atoms with van der Waals surface area (Å²) >= 11 is 0. The molecular weight excluding hydrogens is 434 g/mol. The van der Waals surface area contributed by atoms with Crippen LogP contribution < -0.4 is 5.32 Å². The number of esters is 2. The minimum atomic E-state index is -1.36. The average Bonchev–Trinajstić information content (AvgIpc) is 3.00. The number of phenols is 1. The fourth-order valence-electron chi connectivity index (χ4n) is 5.36. The summed E-state index contributed by atoms with van der Waals surface area (Å²) in [5.41, 5.74) is -1.87. The van der Waals surface area contributed by atoms with E-state index in [4.69, 9.17) is 9.47 Å². The Morgan fingerprint density at radius 3 is 1.88 bits per heavy atom. The third kappa shape index (κ3) is 3.59. The lowest BCUT2D eigenvalue weighted by atomic mass is 9.66. The molecule has 1 aromatic rings. The number of benzene rings is 1. The van der Waals surface area contributed by atoms with Gasteiger partial charge in [0.25, 0.3) is 5.91 Å². The maximum atomic E-state index is 13.7. The van der Waals surface area contributed by atoms with E-state index in [1.165, 1.54) is 7.11 Å². The molecule has 1 amide bonds. The number of ether oxygens (including phenoxy) is 2. The van der Waals surface area contributed by atoms with Crippen LogP contribution >= 0.6 is 0 Å². The molecule has 3 atom stereocenters. The zero-order chi connectivity index (χ0) is 26.1. The Morgan fingerprint density at radius 1 is 1.03 bits per heavy atom. The number of fused-ring (bicyclic) bond motifs is 2. The number of carbonyl (C=O) groups is 3. The van der Waals surface area contributed by atoms with E-state index < -0.39 is 45.2 Å². The molecule has 1 aliphatic heterocycles. The van der Waals surface area contributed by atoms with Gasteiger partial charge in [-0.3, -0.25) is 9.59 Å². The summed E-state index contributed by atoms with van der Waals surface area (Å²) in [4.78, 5) is 39.3. The van der Waals surface area contributed by atoms with E-state index >= 15 is 0 Å². The summed E-state index contributed by atoms with van der Waals surface area (Å²) in [6.07, 6.45) is 0.925. The summed E-state index contributed by atoms with van der Waals surface area (Å²) in [6.45, 7) is 17.4. The van der Waals surface area contributed by atoms with Gasteiger partial charge in [-0.25, -0.2) is 4.79 Å². The van der Waals surface area contributed by atoms with Crippen molar-refractivity contribution in [3.63, 3.8) is 0 Å². The second kappa shape index (κ2) is 7.72. The van der Waals surface area contributed by atoms with E-state index in [-0.39, 0.29) is 11.7 Å². The summed E-state index contributed by atoms with van der Waals surface area (Å²) in [5.74, 6) is -1.36. The molecule has 1 aliphatic carbocycles. The number of phenolic OH excluding ortho intramolecular Hbond substituents is 1. The lowest BCUT2D eigenvalue weighted by Gasteiger charge is -2.36. The molecule has 2 bridgehead atoms. The van der Waals surface area contributed by atoms with Crippen LogP contribution in [0.2, 0.25) is 0 Å². The first-order valence-electron chi connectivity index (χ1n) is 11.8. The highest BCUT2D eigenvalue weighted by atomic mass is 16.6. The number of aromatic hydroxyl groups is 1. The monoisotopic (exact) mass is 473 g/mol. The van der Waals surface area contributed by atoms with Gasteiger partial charge in [0.1, 0.15) is 5.75 Å². The van der Waals surface area contributed by atoms with Crippen LogP contribution in [-0.2, 0) is 34.7 Å². The van der Waals surface area contributed by atoms with Crippen LogP contribution in [-0.4, -0.2) is 35.7 Å². The van der Waals surface area contributed by atoms with Crippen molar-refractivity contribution in [1.29, 1.82) is 0 Å². The Hall–Kier alpha value is -2.57. The molecule has 7 heteroatoms. The molecule has 2 N–H and O–H groups in total. The summed E-state index contributed by atoms with van der Waals surface area (Å²) in [7, 11) is 1.27. The zero-order valence-electron chi connectivity index (χ0n) is 22.1. The number of hydrogen-bond acceptors (Lipinski definition) is 6. The van der Waals surface area contributed by atoms with Crippen LogP contribution in [0.3, 0.4) is 0 Å². The predicted molar refractivity (Wildman–Crippen MR) is 128 cm³/mol. The third-order valence-corrected chi connectivity index (χ3v) is 8.24. The van der Waals surface area contributed by atoms with E-state index in [1.54, 1.807) is 12.1 Å². The van der Waals surface area contributed by atoms with Crippen molar-refractivity contribution in [2.45, 2.75) is 97.6 Å². The van der Waals surface area contributed by atoms with E-state index in [1.807, 2.05) is 62.3 Å². The minimum Gasteiger partial charge on any atom is -0.507 e. The molecule has 3 rings (SSSR count). The SMILES string of the molecule is COC(=O)C(NC(=O)C12CCC(C)(C(=O)O1)C2(C)C)c1cc(C(C)(C)C)c(O)c(C(C)(C)C)c1. The summed E-state index contributed by atoms with van der Waals surface area (Å²) in [5, 5.41) is 13.9. The van der Waals surface area contributed by atoms with Gasteiger partial charge in [0.05, 0.1) is 12.5 Å². The average molecular weight is 474 g/mol. The van der Waals surface area contributed by atoms with Gasteiger partial charge in [-0.2, -0.15) is 0 Å². The molecule has 34 heavy (non-hydrogen) atoms. The van der Waals surface area contributed by atoms with Crippen LogP contribution in [0.5, 0.6) is 5.75 Å². The lowest BCUT2D eigenvalue weighted by molar-refractivity contribution is -0.169. The molecule has 0 radical (unpaired) electrons. The van der Waals surface area contributed by atoms with E-state index in [0.717, 1.165) is 0 Å². The molecular formula is C27H39NO6. The highest BCUT2D eigenvalue weighted by molar-refractivity contribution is 5.98. The normalized spacial score (nSPS) is 26.7. The van der Waals surface area contributed by atoms with Gasteiger partial charge in [-0.1, -0.05) is 55.4 Å². The van der Waals surface area contributed by atoms with Gasteiger partial charge >= 0.3 is 11.9 Å². The Balaban J connectivity index is 2.12. The highest BCUT2D eigenvalue weighted by Gasteiger charge is 2.75. The molecule has 1 saturated heterocycles. The molecule has 2 aliphatic rings. The Labute approximate surface area is 202 Å². The first-order valence-corrected chi connectivity index (χ1v) is 11.8. The Morgan fingerprint density at radius 2 is 1.53 bits per heavy atom. The molecule has 7 nitrogen and oxygen atoms in total. The summed E-state index contributed by atoms with van der Waals surface area (Å²) in [6, 6.07) is 2.36. The van der Waals surface area contributed by atoms with Gasteiger partial charge in [0.2, 0.25) is 0 Å². The van der Waals surface area contributed by atoms with Gasteiger partial charge < -0.3 is 19.9 Å². The number of carbonyl (C=O) groups excluding carboxylic acids is 3. The highest BCUT2D eigenvalue weighted by Crippen LogP contribution is 2.65. The second-order valence-electron chi connectivity index (χ2n) is 12.6. The number of hydrogen-bond donors (Lipinski definition) is 2. The van der Waals surface area contributed by atoms with Gasteiger partial charge in [-0.15, -0.1) is 0 Å². The maximum Gasteiger partial charge on any atom is 0.333 e. The fourth-order valence-corrected chi connectivity index (χ4v) is 5.36. The van der Waals surface area contributed by atoms with Gasteiger partial charge in [0, 0.05) is 5.41 Å². The second-order valence-corrected chi connectivity index (χ2v) is 12.6.